The second-order valence-corrected chi connectivity index (χ2v) is 3.74. The normalized spacial score (nSPS) is 10.5. The molecule has 0 bridgehead atoms. The van der Waals surface area contributed by atoms with Crippen molar-refractivity contribution in [3.63, 3.8) is 0 Å². The molecule has 0 fully saturated rings. The van der Waals surface area contributed by atoms with E-state index in [1.54, 1.807) is 0 Å². The van der Waals surface area contributed by atoms with Crippen molar-refractivity contribution in [3.05, 3.63) is 5.28 Å². The van der Waals surface area contributed by atoms with Gasteiger partial charge in [0.15, 0.2) is 0 Å². The van der Waals surface area contributed by atoms with Crippen molar-refractivity contribution >= 4 is 11.6 Å². The molecule has 0 atom stereocenters. The van der Waals surface area contributed by atoms with Gasteiger partial charge in [-0.1, -0.05) is 13.8 Å². The van der Waals surface area contributed by atoms with Gasteiger partial charge >= 0.3 is 12.0 Å². The van der Waals surface area contributed by atoms with Crippen LogP contribution in [0.5, 0.6) is 12.0 Å². The van der Waals surface area contributed by atoms with Crippen LogP contribution in [0.2, 0.25) is 5.28 Å². The van der Waals surface area contributed by atoms with E-state index in [9.17, 15) is 0 Å². The van der Waals surface area contributed by atoms with Crippen molar-refractivity contribution in [1.82, 2.24) is 15.0 Å². The molecule has 0 aliphatic carbocycles. The summed E-state index contributed by atoms with van der Waals surface area (Å²) >= 11 is 5.65. The lowest BCUT2D eigenvalue weighted by Gasteiger charge is -2.06. The Morgan fingerprint density at radius 1 is 1.20 bits per heavy atom. The topological polar surface area (TPSA) is 57.1 Å². The molecule has 5 nitrogen and oxygen atoms in total. The van der Waals surface area contributed by atoms with Crippen LogP contribution >= 0.6 is 11.6 Å². The van der Waals surface area contributed by atoms with Crippen molar-refractivity contribution in [2.24, 2.45) is 5.92 Å². The summed E-state index contributed by atoms with van der Waals surface area (Å²) in [5.74, 6) is 0.573. The van der Waals surface area contributed by atoms with Gasteiger partial charge in [0.05, 0.1) is 13.7 Å². The summed E-state index contributed by atoms with van der Waals surface area (Å²) in [6.45, 7) is 4.79. The van der Waals surface area contributed by atoms with Gasteiger partial charge in [0, 0.05) is 0 Å². The maximum absolute atomic E-state index is 5.65. The van der Waals surface area contributed by atoms with Gasteiger partial charge in [-0.25, -0.2) is 0 Å². The highest BCUT2D eigenvalue weighted by Crippen LogP contribution is 2.13. The maximum Gasteiger partial charge on any atom is 0.323 e. The van der Waals surface area contributed by atoms with Crippen molar-refractivity contribution in [3.8, 4) is 12.0 Å². The number of halogens is 1. The van der Waals surface area contributed by atoms with Crippen LogP contribution in [0.3, 0.4) is 0 Å². The van der Waals surface area contributed by atoms with Crippen LogP contribution in [0.4, 0.5) is 0 Å². The molecule has 6 heteroatoms. The molecule has 0 N–H and O–H groups in total. The van der Waals surface area contributed by atoms with Crippen LogP contribution < -0.4 is 9.47 Å². The van der Waals surface area contributed by atoms with Crippen LogP contribution in [0.1, 0.15) is 20.3 Å². The number of hydrogen-bond acceptors (Lipinski definition) is 5. The smallest absolute Gasteiger partial charge is 0.323 e. The molecule has 0 aliphatic rings. The Labute approximate surface area is 93.8 Å². The molecule has 0 aliphatic heterocycles. The molecule has 0 amide bonds. The molecule has 0 aromatic carbocycles. The molecular weight excluding hydrogens is 218 g/mol. The molecule has 1 aromatic heterocycles. The van der Waals surface area contributed by atoms with E-state index in [1.807, 2.05) is 0 Å². The molecule has 0 saturated carbocycles. The third-order valence-electron chi connectivity index (χ3n) is 1.68. The Morgan fingerprint density at radius 2 is 1.87 bits per heavy atom. The number of ether oxygens (including phenoxy) is 2. The first kappa shape index (κ1) is 12.0. The van der Waals surface area contributed by atoms with Gasteiger partial charge in [-0.2, -0.15) is 9.97 Å². The minimum atomic E-state index is 0.0707. The SMILES string of the molecule is COc1nc(Cl)nc(OCCC(C)C)n1. The van der Waals surface area contributed by atoms with Gasteiger partial charge in [0.2, 0.25) is 5.28 Å². The van der Waals surface area contributed by atoms with Crippen LogP contribution in [-0.4, -0.2) is 28.7 Å². The van der Waals surface area contributed by atoms with Crippen molar-refractivity contribution in [2.45, 2.75) is 20.3 Å². The molecule has 0 unspecified atom stereocenters. The summed E-state index contributed by atoms with van der Waals surface area (Å²) in [7, 11) is 1.46. The van der Waals surface area contributed by atoms with E-state index in [4.69, 9.17) is 21.1 Å². The molecule has 1 rings (SSSR count). The first-order valence-electron chi connectivity index (χ1n) is 4.70. The maximum atomic E-state index is 5.65. The van der Waals surface area contributed by atoms with Crippen LogP contribution in [0, 0.1) is 5.92 Å². The average molecular weight is 232 g/mol. The van der Waals surface area contributed by atoms with E-state index in [0.717, 1.165) is 6.42 Å². The lowest BCUT2D eigenvalue weighted by molar-refractivity contribution is 0.260. The monoisotopic (exact) mass is 231 g/mol. The summed E-state index contributed by atoms with van der Waals surface area (Å²) in [5, 5.41) is 0.0707. The minimum absolute atomic E-state index is 0.0707. The minimum Gasteiger partial charge on any atom is -0.467 e. The average Bonchev–Trinajstić information content (AvgIpc) is 2.16. The van der Waals surface area contributed by atoms with Crippen molar-refractivity contribution < 1.29 is 9.47 Å². The molecule has 1 aromatic rings. The lowest BCUT2D eigenvalue weighted by atomic mass is 10.1. The van der Waals surface area contributed by atoms with Gasteiger partial charge < -0.3 is 9.47 Å². The molecular formula is C9H14ClN3O2. The van der Waals surface area contributed by atoms with Crippen molar-refractivity contribution in [2.75, 3.05) is 13.7 Å². The summed E-state index contributed by atoms with van der Waals surface area (Å²) < 4.78 is 10.1. The van der Waals surface area contributed by atoms with E-state index in [-0.39, 0.29) is 17.3 Å². The molecule has 0 spiro atoms. The highest BCUT2D eigenvalue weighted by atomic mass is 35.5. The first-order valence-corrected chi connectivity index (χ1v) is 5.08. The van der Waals surface area contributed by atoms with E-state index >= 15 is 0 Å². The third-order valence-corrected chi connectivity index (χ3v) is 1.85. The summed E-state index contributed by atoms with van der Waals surface area (Å²) in [4.78, 5) is 11.5. The molecule has 15 heavy (non-hydrogen) atoms. The van der Waals surface area contributed by atoms with E-state index in [2.05, 4.69) is 28.8 Å². The second-order valence-electron chi connectivity index (χ2n) is 3.40. The van der Waals surface area contributed by atoms with Crippen LogP contribution in [0.25, 0.3) is 0 Å². The highest BCUT2D eigenvalue weighted by molar-refractivity contribution is 6.28. The molecule has 0 radical (unpaired) electrons. The largest absolute Gasteiger partial charge is 0.467 e. The quantitative estimate of drug-likeness (QED) is 0.775. The second kappa shape index (κ2) is 5.70. The lowest BCUT2D eigenvalue weighted by Crippen LogP contribution is -2.06. The Balaban J connectivity index is 2.56. The Kier molecular flexibility index (Phi) is 4.55. The first-order chi connectivity index (χ1) is 7.11. The number of aromatic nitrogens is 3. The zero-order valence-corrected chi connectivity index (χ0v) is 9.78. The number of methoxy groups -OCH3 is 1. The van der Waals surface area contributed by atoms with Crippen molar-refractivity contribution in [1.29, 1.82) is 0 Å². The standard InChI is InChI=1S/C9H14ClN3O2/c1-6(2)4-5-15-9-12-7(10)11-8(13-9)14-3/h6H,4-5H2,1-3H3. The zero-order chi connectivity index (χ0) is 11.3. The van der Waals surface area contributed by atoms with Gasteiger partial charge in [0.25, 0.3) is 0 Å². The zero-order valence-electron chi connectivity index (χ0n) is 9.03. The molecule has 1 heterocycles. The van der Waals surface area contributed by atoms with Gasteiger partial charge in [0.1, 0.15) is 0 Å². The molecule has 84 valence electrons. The molecule has 0 saturated heterocycles. The van der Waals surface area contributed by atoms with Gasteiger partial charge in [-0.3, -0.25) is 0 Å². The Bertz CT molecular complexity index is 320. The summed E-state index contributed by atoms with van der Waals surface area (Å²) in [5.41, 5.74) is 0. The van der Waals surface area contributed by atoms with E-state index in [1.165, 1.54) is 7.11 Å². The third kappa shape index (κ3) is 4.29. The Hall–Kier alpha value is -1.10. The fraction of sp³-hybridized carbons (Fsp3) is 0.667. The van der Waals surface area contributed by atoms with E-state index in [0.29, 0.717) is 12.5 Å². The number of nitrogens with zero attached hydrogens (tertiary/aromatic N) is 3. The predicted molar refractivity (Wildman–Crippen MR) is 56.3 cm³/mol. The number of rotatable bonds is 5. The Morgan fingerprint density at radius 3 is 2.47 bits per heavy atom. The summed E-state index contributed by atoms with van der Waals surface area (Å²) in [6.07, 6.45) is 0.936. The van der Waals surface area contributed by atoms with Gasteiger partial charge in [-0.05, 0) is 23.9 Å². The van der Waals surface area contributed by atoms with Gasteiger partial charge in [-0.15, -0.1) is 4.98 Å². The van der Waals surface area contributed by atoms with Crippen LogP contribution in [-0.2, 0) is 0 Å². The predicted octanol–water partition coefficient (Wildman–Crippen LogP) is 1.96. The highest BCUT2D eigenvalue weighted by Gasteiger charge is 2.06. The number of hydrogen-bond donors (Lipinski definition) is 0. The van der Waals surface area contributed by atoms with Crippen LogP contribution in [0.15, 0.2) is 0 Å². The fourth-order valence-corrected chi connectivity index (χ4v) is 1.00. The fourth-order valence-electron chi connectivity index (χ4n) is 0.856. The summed E-state index contributed by atoms with van der Waals surface area (Å²) in [6, 6.07) is 0.363. The van der Waals surface area contributed by atoms with E-state index < -0.39 is 0 Å².